The Kier molecular flexibility index (Phi) is 15.7. The molecule has 0 fully saturated rings. The Hall–Kier alpha value is -0.0900. The van der Waals surface area contributed by atoms with E-state index in [0.29, 0.717) is 6.42 Å². The summed E-state index contributed by atoms with van der Waals surface area (Å²) in [5.41, 5.74) is 0. The number of rotatable bonds is 13. The average molecular weight is 346 g/mol. The number of unbranched alkanes of at least 4 members (excludes halogenated alkanes) is 8. The molecule has 0 aromatic rings. The van der Waals surface area contributed by atoms with E-state index >= 15 is 0 Å². The molecular weight excluding hydrogens is 310 g/mol. The summed E-state index contributed by atoms with van der Waals surface area (Å²) in [6.07, 6.45) is 12.9. The van der Waals surface area contributed by atoms with Crippen molar-refractivity contribution in [1.29, 1.82) is 0 Å². The fraction of sp³-hybridized carbons (Fsp3) is 0.889. The molecule has 0 unspecified atom stereocenters. The van der Waals surface area contributed by atoms with Crippen LogP contribution >= 0.6 is 24.0 Å². The van der Waals surface area contributed by atoms with Gasteiger partial charge in [0, 0.05) is 13.0 Å². The second-order valence-corrected chi connectivity index (χ2v) is 7.72. The van der Waals surface area contributed by atoms with E-state index in [1.165, 1.54) is 44.9 Å². The van der Waals surface area contributed by atoms with Gasteiger partial charge in [-0.15, -0.1) is 0 Å². The minimum atomic E-state index is 0.227. The average Bonchev–Trinajstić information content (AvgIpc) is 2.50. The zero-order chi connectivity index (χ0) is 16.6. The zero-order valence-electron chi connectivity index (χ0n) is 14.9. The van der Waals surface area contributed by atoms with Gasteiger partial charge in [-0.25, -0.2) is 0 Å². The largest absolute Gasteiger partial charge is 0.298 e. The number of thioether (sulfide) groups is 1. The lowest BCUT2D eigenvalue weighted by Crippen LogP contribution is -2.35. The van der Waals surface area contributed by atoms with Gasteiger partial charge in [0.2, 0.25) is 5.91 Å². The number of hydrogen-bond donors (Lipinski definition) is 0. The highest BCUT2D eigenvalue weighted by molar-refractivity contribution is 8.22. The van der Waals surface area contributed by atoms with Crippen LogP contribution in [0.4, 0.5) is 0 Å². The van der Waals surface area contributed by atoms with Gasteiger partial charge in [0.15, 0.2) is 0 Å². The molecule has 0 N–H and O–H groups in total. The van der Waals surface area contributed by atoms with Gasteiger partial charge in [-0.1, -0.05) is 96.1 Å². The molecule has 0 radical (unpaired) electrons. The fourth-order valence-corrected chi connectivity index (χ4v) is 3.52. The van der Waals surface area contributed by atoms with Crippen molar-refractivity contribution < 1.29 is 4.79 Å². The zero-order valence-corrected chi connectivity index (χ0v) is 16.5. The highest BCUT2D eigenvalue weighted by Gasteiger charge is 2.17. The van der Waals surface area contributed by atoms with E-state index in [0.717, 1.165) is 35.9 Å². The molecule has 0 aromatic heterocycles. The van der Waals surface area contributed by atoms with Crippen LogP contribution in [-0.4, -0.2) is 27.4 Å². The third-order valence-corrected chi connectivity index (χ3v) is 5.10. The van der Waals surface area contributed by atoms with Gasteiger partial charge >= 0.3 is 0 Å². The van der Waals surface area contributed by atoms with Crippen LogP contribution < -0.4 is 0 Å². The lowest BCUT2D eigenvalue weighted by atomic mass is 10.1. The van der Waals surface area contributed by atoms with Crippen LogP contribution in [0.5, 0.6) is 0 Å². The van der Waals surface area contributed by atoms with Crippen LogP contribution in [0.2, 0.25) is 0 Å². The van der Waals surface area contributed by atoms with E-state index in [2.05, 4.69) is 20.8 Å². The quantitative estimate of drug-likeness (QED) is 0.293. The van der Waals surface area contributed by atoms with Crippen LogP contribution in [0, 0.1) is 0 Å². The Balaban J connectivity index is 3.89. The molecule has 0 spiro atoms. The van der Waals surface area contributed by atoms with Crippen molar-refractivity contribution in [2.45, 2.75) is 91.4 Å². The maximum absolute atomic E-state index is 12.4. The van der Waals surface area contributed by atoms with Crippen LogP contribution in [0.1, 0.15) is 91.4 Å². The highest BCUT2D eigenvalue weighted by Crippen LogP contribution is 2.14. The molecule has 2 nitrogen and oxygen atoms in total. The first-order valence-corrected chi connectivity index (χ1v) is 10.5. The molecule has 0 saturated heterocycles. The molecule has 0 bridgehead atoms. The van der Waals surface area contributed by atoms with Gasteiger partial charge in [0.1, 0.15) is 4.32 Å². The molecule has 0 aliphatic heterocycles. The van der Waals surface area contributed by atoms with E-state index in [1.807, 2.05) is 4.90 Å². The summed E-state index contributed by atoms with van der Waals surface area (Å²) >= 11 is 7.00. The minimum absolute atomic E-state index is 0.227. The topological polar surface area (TPSA) is 20.3 Å². The third kappa shape index (κ3) is 11.5. The van der Waals surface area contributed by atoms with E-state index in [9.17, 15) is 4.79 Å². The van der Waals surface area contributed by atoms with Crippen LogP contribution in [-0.2, 0) is 4.79 Å². The van der Waals surface area contributed by atoms with E-state index in [-0.39, 0.29) is 5.91 Å². The van der Waals surface area contributed by atoms with Gasteiger partial charge in [-0.2, -0.15) is 0 Å². The number of nitrogens with zero attached hydrogens (tertiary/aromatic N) is 1. The molecule has 0 rings (SSSR count). The summed E-state index contributed by atoms with van der Waals surface area (Å²) in [6.45, 7) is 7.27. The second-order valence-electron chi connectivity index (χ2n) is 5.82. The first-order valence-electron chi connectivity index (χ1n) is 9.14. The SMILES string of the molecule is CCCCCCCCCCC(=O)N(CCCC)C(=S)SCC. The molecule has 4 heteroatoms. The lowest BCUT2D eigenvalue weighted by Gasteiger charge is -2.22. The van der Waals surface area contributed by atoms with E-state index in [4.69, 9.17) is 12.2 Å². The molecular formula is C18H35NOS2. The van der Waals surface area contributed by atoms with E-state index < -0.39 is 0 Å². The van der Waals surface area contributed by atoms with Crippen molar-refractivity contribution in [2.75, 3.05) is 12.3 Å². The highest BCUT2D eigenvalue weighted by atomic mass is 32.2. The number of hydrogen-bond acceptors (Lipinski definition) is 3. The first-order chi connectivity index (χ1) is 10.7. The molecule has 1 amide bonds. The summed E-state index contributed by atoms with van der Waals surface area (Å²) in [5.74, 6) is 1.16. The number of carbonyl (C=O) groups is 1. The number of carbonyl (C=O) groups excluding carboxylic acids is 1. The van der Waals surface area contributed by atoms with Crippen LogP contribution in [0.3, 0.4) is 0 Å². The smallest absolute Gasteiger partial charge is 0.228 e. The molecule has 130 valence electrons. The maximum atomic E-state index is 12.4. The monoisotopic (exact) mass is 345 g/mol. The van der Waals surface area contributed by atoms with Crippen molar-refractivity contribution in [1.82, 2.24) is 4.90 Å². The van der Waals surface area contributed by atoms with Crippen molar-refractivity contribution in [3.8, 4) is 0 Å². The Morgan fingerprint density at radius 3 is 1.95 bits per heavy atom. The summed E-state index contributed by atoms with van der Waals surface area (Å²) in [7, 11) is 0. The van der Waals surface area contributed by atoms with Crippen LogP contribution in [0.15, 0.2) is 0 Å². The van der Waals surface area contributed by atoms with Crippen molar-refractivity contribution in [3.05, 3.63) is 0 Å². The van der Waals surface area contributed by atoms with Gasteiger partial charge in [-0.05, 0) is 18.6 Å². The van der Waals surface area contributed by atoms with Gasteiger partial charge in [0.25, 0.3) is 0 Å². The Morgan fingerprint density at radius 1 is 0.864 bits per heavy atom. The molecule has 0 saturated carbocycles. The number of thiocarbonyl (C=S) groups is 1. The lowest BCUT2D eigenvalue weighted by molar-refractivity contribution is -0.127. The molecule has 0 aliphatic carbocycles. The normalized spacial score (nSPS) is 10.7. The predicted molar refractivity (Wildman–Crippen MR) is 105 cm³/mol. The Bertz CT molecular complexity index is 295. The molecule has 22 heavy (non-hydrogen) atoms. The maximum Gasteiger partial charge on any atom is 0.228 e. The summed E-state index contributed by atoms with van der Waals surface area (Å²) in [5, 5.41) is 0. The molecule has 0 aromatic carbocycles. The van der Waals surface area contributed by atoms with Crippen molar-refractivity contribution in [2.24, 2.45) is 0 Å². The standard InChI is InChI=1S/C18H35NOS2/c1-4-7-9-10-11-12-13-14-15-17(20)19(16-8-5-2)18(21)22-6-3/h4-16H2,1-3H3. The fourth-order valence-electron chi connectivity index (χ4n) is 2.38. The Labute approximate surface area is 147 Å². The Morgan fingerprint density at radius 2 is 1.41 bits per heavy atom. The molecule has 0 heterocycles. The molecule has 0 aliphatic rings. The predicted octanol–water partition coefficient (Wildman–Crippen LogP) is 6.18. The third-order valence-electron chi connectivity index (χ3n) is 3.77. The van der Waals surface area contributed by atoms with E-state index in [1.54, 1.807) is 11.8 Å². The summed E-state index contributed by atoms with van der Waals surface area (Å²) in [6, 6.07) is 0. The number of amides is 1. The van der Waals surface area contributed by atoms with Crippen molar-refractivity contribution >= 4 is 34.2 Å². The van der Waals surface area contributed by atoms with Crippen molar-refractivity contribution in [3.63, 3.8) is 0 Å². The summed E-state index contributed by atoms with van der Waals surface area (Å²) in [4.78, 5) is 14.2. The second kappa shape index (κ2) is 15.8. The first kappa shape index (κ1) is 21.9. The van der Waals surface area contributed by atoms with Gasteiger partial charge in [-0.3, -0.25) is 9.69 Å². The molecule has 0 atom stereocenters. The van der Waals surface area contributed by atoms with Crippen LogP contribution in [0.25, 0.3) is 0 Å². The summed E-state index contributed by atoms with van der Waals surface area (Å²) < 4.78 is 0.764. The minimum Gasteiger partial charge on any atom is -0.298 e. The van der Waals surface area contributed by atoms with Gasteiger partial charge in [0.05, 0.1) is 0 Å². The van der Waals surface area contributed by atoms with Gasteiger partial charge < -0.3 is 0 Å².